The van der Waals surface area contributed by atoms with Gasteiger partial charge in [0.2, 0.25) is 0 Å². The van der Waals surface area contributed by atoms with Crippen molar-refractivity contribution in [3.05, 3.63) is 43.0 Å². The lowest BCUT2D eigenvalue weighted by Crippen LogP contribution is -2.21. The Morgan fingerprint density at radius 2 is 2.16 bits per heavy atom. The zero-order valence-electron chi connectivity index (χ0n) is 10.4. The summed E-state index contributed by atoms with van der Waals surface area (Å²) >= 11 is 0. The molecule has 5 nitrogen and oxygen atoms in total. The van der Waals surface area contributed by atoms with E-state index in [9.17, 15) is 8.42 Å². The van der Waals surface area contributed by atoms with Gasteiger partial charge in [0, 0.05) is 18.4 Å². The molecule has 0 saturated carbocycles. The Hall–Kier alpha value is -1.82. The summed E-state index contributed by atoms with van der Waals surface area (Å²) in [6, 6.07) is 7.82. The van der Waals surface area contributed by atoms with Crippen LogP contribution in [0.5, 0.6) is 0 Å². The maximum Gasteiger partial charge on any atom is 0.152 e. The van der Waals surface area contributed by atoms with Crippen LogP contribution < -0.4 is 5.32 Å². The fraction of sp³-hybridized carbons (Fsp3) is 0.308. The zero-order valence-corrected chi connectivity index (χ0v) is 11.2. The van der Waals surface area contributed by atoms with Crippen LogP contribution in [0.3, 0.4) is 0 Å². The van der Waals surface area contributed by atoms with E-state index < -0.39 is 9.84 Å². The number of anilines is 1. The minimum absolute atomic E-state index is 0.00493. The first kappa shape index (κ1) is 12.2. The summed E-state index contributed by atoms with van der Waals surface area (Å²) in [4.78, 5) is 4.03. The quantitative estimate of drug-likeness (QED) is 0.923. The molecule has 100 valence electrons. The average molecular weight is 277 g/mol. The van der Waals surface area contributed by atoms with Gasteiger partial charge in [-0.25, -0.2) is 13.4 Å². The van der Waals surface area contributed by atoms with Crippen LogP contribution in [0.4, 0.5) is 5.69 Å². The molecule has 0 radical (unpaired) electrons. The van der Waals surface area contributed by atoms with Crippen molar-refractivity contribution >= 4 is 15.5 Å². The fourth-order valence-corrected chi connectivity index (χ4v) is 4.02. The Morgan fingerprint density at radius 3 is 2.84 bits per heavy atom. The molecule has 0 amide bonds. The Bertz CT molecular complexity index is 665. The normalized spacial score (nSPS) is 21.4. The molecule has 1 aromatic carbocycles. The number of nitrogens with one attached hydrogen (secondary N) is 1. The summed E-state index contributed by atoms with van der Waals surface area (Å²) in [5, 5.41) is 3.33. The Labute approximate surface area is 112 Å². The van der Waals surface area contributed by atoms with Crippen LogP contribution in [0.25, 0.3) is 5.69 Å². The van der Waals surface area contributed by atoms with E-state index in [0.717, 1.165) is 11.4 Å². The fourth-order valence-electron chi connectivity index (χ4n) is 2.35. The highest BCUT2D eigenvalue weighted by Gasteiger charge is 2.28. The van der Waals surface area contributed by atoms with Crippen molar-refractivity contribution < 1.29 is 8.42 Å². The first-order valence-corrected chi connectivity index (χ1v) is 8.00. The Morgan fingerprint density at radius 1 is 1.32 bits per heavy atom. The molecule has 6 heteroatoms. The van der Waals surface area contributed by atoms with Gasteiger partial charge < -0.3 is 9.88 Å². The number of aromatic nitrogens is 2. The maximum atomic E-state index is 11.5. The molecule has 1 aliphatic heterocycles. The van der Waals surface area contributed by atoms with E-state index >= 15 is 0 Å². The van der Waals surface area contributed by atoms with Gasteiger partial charge in [-0.1, -0.05) is 12.1 Å². The summed E-state index contributed by atoms with van der Waals surface area (Å²) in [5.74, 6) is 0.489. The van der Waals surface area contributed by atoms with E-state index in [1.54, 1.807) is 12.5 Å². The predicted octanol–water partition coefficient (Wildman–Crippen LogP) is 1.47. The molecule has 19 heavy (non-hydrogen) atoms. The first-order chi connectivity index (χ1) is 9.14. The predicted molar refractivity (Wildman–Crippen MR) is 74.2 cm³/mol. The number of sulfone groups is 1. The topological polar surface area (TPSA) is 64.0 Å². The Kier molecular flexibility index (Phi) is 3.02. The van der Waals surface area contributed by atoms with Crippen LogP contribution in [-0.4, -0.2) is 35.5 Å². The minimum atomic E-state index is -2.86. The molecule has 1 aromatic heterocycles. The SMILES string of the molecule is O=S1(=O)CCC(Nc2ccccc2-n2ccnc2)C1. The van der Waals surface area contributed by atoms with Gasteiger partial charge in [-0.15, -0.1) is 0 Å². The summed E-state index contributed by atoms with van der Waals surface area (Å²) in [6.45, 7) is 0. The molecule has 0 aliphatic carbocycles. The number of imidazole rings is 1. The van der Waals surface area contributed by atoms with Gasteiger partial charge in [0.05, 0.1) is 29.2 Å². The third kappa shape index (κ3) is 2.63. The van der Waals surface area contributed by atoms with Crippen molar-refractivity contribution in [2.75, 3.05) is 16.8 Å². The van der Waals surface area contributed by atoms with Crippen LogP contribution in [0, 0.1) is 0 Å². The van der Waals surface area contributed by atoms with Crippen molar-refractivity contribution in [2.45, 2.75) is 12.5 Å². The molecular formula is C13H15N3O2S. The highest BCUT2D eigenvalue weighted by molar-refractivity contribution is 7.91. The minimum Gasteiger partial charge on any atom is -0.380 e. The van der Waals surface area contributed by atoms with Crippen LogP contribution in [0.15, 0.2) is 43.0 Å². The second-order valence-electron chi connectivity index (χ2n) is 4.73. The smallest absolute Gasteiger partial charge is 0.152 e. The van der Waals surface area contributed by atoms with Gasteiger partial charge in [0.15, 0.2) is 9.84 Å². The van der Waals surface area contributed by atoms with Gasteiger partial charge in [-0.2, -0.15) is 0 Å². The molecule has 1 unspecified atom stereocenters. The molecular weight excluding hydrogens is 262 g/mol. The summed E-state index contributed by atoms with van der Waals surface area (Å²) in [5.41, 5.74) is 1.91. The van der Waals surface area contributed by atoms with E-state index in [4.69, 9.17) is 0 Å². The third-order valence-corrected chi connectivity index (χ3v) is 5.05. The van der Waals surface area contributed by atoms with E-state index in [0.29, 0.717) is 6.42 Å². The standard InChI is InChI=1S/C13H15N3O2S/c17-19(18)8-5-11(9-19)15-12-3-1-2-4-13(12)16-7-6-14-10-16/h1-4,6-7,10-11,15H,5,8-9H2. The lowest BCUT2D eigenvalue weighted by Gasteiger charge is -2.16. The number of rotatable bonds is 3. The van der Waals surface area contributed by atoms with E-state index in [2.05, 4.69) is 10.3 Å². The van der Waals surface area contributed by atoms with Crippen LogP contribution in [0.2, 0.25) is 0 Å². The molecule has 1 fully saturated rings. The molecule has 1 aliphatic rings. The molecule has 2 aromatic rings. The largest absolute Gasteiger partial charge is 0.380 e. The monoisotopic (exact) mass is 277 g/mol. The second kappa shape index (κ2) is 4.70. The Balaban J connectivity index is 1.86. The van der Waals surface area contributed by atoms with Crippen molar-refractivity contribution in [1.29, 1.82) is 0 Å². The maximum absolute atomic E-state index is 11.5. The zero-order chi connectivity index (χ0) is 13.3. The molecule has 0 bridgehead atoms. The number of nitrogens with zero attached hydrogens (tertiary/aromatic N) is 2. The van der Waals surface area contributed by atoms with Crippen molar-refractivity contribution in [2.24, 2.45) is 0 Å². The van der Waals surface area contributed by atoms with Gasteiger partial charge in [0.1, 0.15) is 0 Å². The first-order valence-electron chi connectivity index (χ1n) is 6.18. The van der Waals surface area contributed by atoms with E-state index in [-0.39, 0.29) is 17.5 Å². The van der Waals surface area contributed by atoms with E-state index in [1.807, 2.05) is 35.0 Å². The molecule has 2 heterocycles. The van der Waals surface area contributed by atoms with E-state index in [1.165, 1.54) is 0 Å². The molecule has 1 N–H and O–H groups in total. The molecule has 1 atom stereocenters. The van der Waals surface area contributed by atoms with Crippen LogP contribution in [0.1, 0.15) is 6.42 Å². The summed E-state index contributed by atoms with van der Waals surface area (Å²) in [7, 11) is -2.86. The van der Waals surface area contributed by atoms with Crippen LogP contribution in [-0.2, 0) is 9.84 Å². The second-order valence-corrected chi connectivity index (χ2v) is 6.96. The van der Waals surface area contributed by atoms with Crippen molar-refractivity contribution in [3.8, 4) is 5.69 Å². The van der Waals surface area contributed by atoms with Crippen molar-refractivity contribution in [3.63, 3.8) is 0 Å². The summed E-state index contributed by atoms with van der Waals surface area (Å²) < 4.78 is 24.9. The molecule has 3 rings (SSSR count). The average Bonchev–Trinajstić information content (AvgIpc) is 3.00. The van der Waals surface area contributed by atoms with Gasteiger partial charge >= 0.3 is 0 Å². The van der Waals surface area contributed by atoms with Gasteiger partial charge in [-0.05, 0) is 18.6 Å². The highest BCUT2D eigenvalue weighted by atomic mass is 32.2. The third-order valence-electron chi connectivity index (χ3n) is 3.28. The molecule has 1 saturated heterocycles. The molecule has 0 spiro atoms. The number of hydrogen-bond donors (Lipinski definition) is 1. The van der Waals surface area contributed by atoms with Gasteiger partial charge in [-0.3, -0.25) is 0 Å². The summed E-state index contributed by atoms with van der Waals surface area (Å²) in [6.07, 6.45) is 5.98. The number of benzene rings is 1. The lowest BCUT2D eigenvalue weighted by atomic mass is 10.2. The number of para-hydroxylation sites is 2. The van der Waals surface area contributed by atoms with Crippen molar-refractivity contribution in [1.82, 2.24) is 9.55 Å². The van der Waals surface area contributed by atoms with Crippen LogP contribution >= 0.6 is 0 Å². The highest BCUT2D eigenvalue weighted by Crippen LogP contribution is 2.23. The number of hydrogen-bond acceptors (Lipinski definition) is 4. The van der Waals surface area contributed by atoms with Gasteiger partial charge in [0.25, 0.3) is 0 Å². The lowest BCUT2D eigenvalue weighted by molar-refractivity contribution is 0.602.